The van der Waals surface area contributed by atoms with Gasteiger partial charge in [0.1, 0.15) is 17.6 Å². The van der Waals surface area contributed by atoms with Crippen LogP contribution in [0.15, 0.2) is 118 Å². The molecule has 5 heteroatoms. The molecule has 2 aliphatic rings. The van der Waals surface area contributed by atoms with Crippen molar-refractivity contribution in [2.45, 2.75) is 132 Å². The average Bonchev–Trinajstić information content (AvgIpc) is 3.42. The van der Waals surface area contributed by atoms with Gasteiger partial charge in [0.15, 0.2) is 0 Å². The summed E-state index contributed by atoms with van der Waals surface area (Å²) < 4.78 is 0. The second-order valence-electron chi connectivity index (χ2n) is 19.4. The quantitative estimate of drug-likeness (QED) is 0.122. The molecule has 2 aliphatic carbocycles. The molecule has 0 fully saturated rings. The normalized spacial score (nSPS) is 19.1. The summed E-state index contributed by atoms with van der Waals surface area (Å²) in [5.74, 6) is 0. The Bertz CT molecular complexity index is 2080. The van der Waals surface area contributed by atoms with Gasteiger partial charge >= 0.3 is 21.7 Å². The monoisotopic (exact) mass is 882 g/mol. The molecule has 310 valence electrons. The van der Waals surface area contributed by atoms with Gasteiger partial charge in [-0.1, -0.05) is 229 Å². The Kier molecular flexibility index (Phi) is 17.5. The van der Waals surface area contributed by atoms with E-state index in [1.165, 1.54) is 76.4 Å². The predicted octanol–water partition coefficient (Wildman–Crippen LogP) is 11.5. The maximum absolute atomic E-state index is 3.92. The first-order valence-corrected chi connectivity index (χ1v) is 30.6. The van der Waals surface area contributed by atoms with Crippen LogP contribution < -0.4 is 31.1 Å². The molecule has 0 nitrogen and oxygen atoms in total. The zero-order chi connectivity index (χ0) is 41.7. The first-order valence-electron chi connectivity index (χ1n) is 20.6. The smallest absolute Gasteiger partial charge is 0.358 e. The maximum atomic E-state index is 3.92. The topological polar surface area (TPSA) is 0 Å². The van der Waals surface area contributed by atoms with Crippen LogP contribution in [0, 0.1) is 54.7 Å². The van der Waals surface area contributed by atoms with Crippen molar-refractivity contribution in [2.24, 2.45) is 0 Å². The van der Waals surface area contributed by atoms with Crippen molar-refractivity contribution < 1.29 is 21.7 Å². The molecule has 0 saturated heterocycles. The minimum absolute atomic E-state index is 0. The zero-order valence-corrected chi connectivity index (χ0v) is 46.1. The Morgan fingerprint density at radius 2 is 0.695 bits per heavy atom. The molecule has 0 saturated carbocycles. The van der Waals surface area contributed by atoms with Gasteiger partial charge in [-0.2, -0.15) is 22.3 Å². The van der Waals surface area contributed by atoms with Gasteiger partial charge in [0, 0.05) is 0 Å². The molecule has 2 atom stereocenters. The van der Waals surface area contributed by atoms with Crippen molar-refractivity contribution >= 4 is 64.9 Å². The first-order chi connectivity index (χ1) is 25.9. The Hall–Kier alpha value is -2.58. The summed E-state index contributed by atoms with van der Waals surface area (Å²) in [6.45, 7) is 42.1. The molecule has 0 aliphatic heterocycles. The molecule has 0 heterocycles. The number of hydrogen-bond donors (Lipinski definition) is 0. The SMILES string of the molecule is CC1=[C-]C(C)([Si](c2ccc(C)cc2)c2cc(C)cc([Si](C)(C)C)c2)C(C)=C1C.CC1=[C-]C(C)([Si](c2ccc(C)cc2)c2cc(C)cc([Si](C)(C)C)c2)C(C)=C1C.[CH3-].[CH3-].[Ti+4]. The second kappa shape index (κ2) is 19.6. The van der Waals surface area contributed by atoms with Crippen LogP contribution >= 0.6 is 0 Å². The molecule has 2 radical (unpaired) electrons. The third-order valence-electron chi connectivity index (χ3n) is 12.8. The summed E-state index contributed by atoms with van der Waals surface area (Å²) in [5, 5.41) is 9.14. The van der Waals surface area contributed by atoms with Crippen molar-refractivity contribution in [2.75, 3.05) is 0 Å². The van der Waals surface area contributed by atoms with E-state index in [-0.39, 0.29) is 46.6 Å². The molecule has 0 bridgehead atoms. The van der Waals surface area contributed by atoms with Crippen molar-refractivity contribution in [3.05, 3.63) is 168 Å². The number of allylic oxidation sites excluding steroid dienone is 8. The summed E-state index contributed by atoms with van der Waals surface area (Å²) in [6.07, 6.45) is 7.84. The molecule has 0 aromatic heterocycles. The Morgan fingerprint density at radius 3 is 0.932 bits per heavy atom. The van der Waals surface area contributed by atoms with E-state index in [2.05, 4.69) is 219 Å². The fraction of sp³-hybridized carbons (Fsp3) is 0.370. The zero-order valence-electron chi connectivity index (χ0n) is 40.6. The second-order valence-corrected chi connectivity index (χ2v) is 35.4. The van der Waals surface area contributed by atoms with Gasteiger partial charge in [-0.05, 0) is 27.7 Å². The standard InChI is InChI=1S/2C26H34Si2.2CH3.Ti/c2*1-18-10-12-23(13-11-18)27(26(6)17-20(3)21(4)22(26)5)24-14-19(2)15-25(16-24)28(7,8)9;;;/h2*10-16H,1-9H3;2*1H3;/q4*-1;+4. The van der Waals surface area contributed by atoms with E-state index in [4.69, 9.17) is 0 Å². The summed E-state index contributed by atoms with van der Waals surface area (Å²) in [7, 11) is -4.92. The minimum atomic E-state index is -1.38. The summed E-state index contributed by atoms with van der Waals surface area (Å²) in [5.41, 5.74) is 13.9. The van der Waals surface area contributed by atoms with E-state index in [1.54, 1.807) is 10.4 Å². The Labute approximate surface area is 384 Å². The molecule has 2 unspecified atom stereocenters. The van der Waals surface area contributed by atoms with E-state index in [1.807, 2.05) is 0 Å². The van der Waals surface area contributed by atoms with Crippen LogP contribution in [-0.4, -0.2) is 33.7 Å². The first kappa shape index (κ1) is 52.6. The fourth-order valence-corrected chi connectivity index (χ4v) is 18.4. The minimum Gasteiger partial charge on any atom is -0.358 e. The molecule has 0 N–H and O–H groups in total. The van der Waals surface area contributed by atoms with Crippen molar-refractivity contribution in [1.82, 2.24) is 0 Å². The van der Waals surface area contributed by atoms with Crippen LogP contribution in [0.1, 0.15) is 77.6 Å². The van der Waals surface area contributed by atoms with Gasteiger partial charge in [-0.15, -0.1) is 13.8 Å². The van der Waals surface area contributed by atoms with Gasteiger partial charge in [-0.3, -0.25) is 12.2 Å². The fourth-order valence-electron chi connectivity index (χ4n) is 8.59. The molecule has 6 rings (SSSR count). The van der Waals surface area contributed by atoms with Crippen LogP contribution in [0.25, 0.3) is 0 Å². The third-order valence-corrected chi connectivity index (χ3v) is 23.4. The van der Waals surface area contributed by atoms with Gasteiger partial charge in [0.2, 0.25) is 0 Å². The Balaban J connectivity index is 0.000000387. The Morgan fingerprint density at radius 1 is 0.407 bits per heavy atom. The maximum Gasteiger partial charge on any atom is 4.00 e. The average molecular weight is 883 g/mol. The van der Waals surface area contributed by atoms with E-state index in [0.717, 1.165) is 0 Å². The molecular formula is C54H74Si4Ti. The molecule has 4 aromatic carbocycles. The van der Waals surface area contributed by atoms with E-state index in [9.17, 15) is 0 Å². The number of hydrogen-bond acceptors (Lipinski definition) is 0. The van der Waals surface area contributed by atoms with Gasteiger partial charge in [0.05, 0.1) is 16.1 Å². The molecule has 0 amide bonds. The van der Waals surface area contributed by atoms with Crippen molar-refractivity contribution in [1.29, 1.82) is 0 Å². The third kappa shape index (κ3) is 11.1. The van der Waals surface area contributed by atoms with E-state index < -0.39 is 33.7 Å². The number of benzene rings is 4. The van der Waals surface area contributed by atoms with Gasteiger partial charge < -0.3 is 14.9 Å². The molecule has 59 heavy (non-hydrogen) atoms. The summed E-state index contributed by atoms with van der Waals surface area (Å²) in [6, 6.07) is 33.4. The van der Waals surface area contributed by atoms with E-state index in [0.29, 0.717) is 0 Å². The van der Waals surface area contributed by atoms with Crippen LogP contribution in [0.3, 0.4) is 0 Å². The van der Waals surface area contributed by atoms with Crippen LogP contribution in [0.2, 0.25) is 49.4 Å². The van der Waals surface area contributed by atoms with Crippen molar-refractivity contribution in [3.63, 3.8) is 0 Å². The summed E-state index contributed by atoms with van der Waals surface area (Å²) >= 11 is 0. The molecule has 0 spiro atoms. The number of rotatable bonds is 8. The van der Waals surface area contributed by atoms with Crippen molar-refractivity contribution in [3.8, 4) is 0 Å². The van der Waals surface area contributed by atoms with Crippen LogP contribution in [0.5, 0.6) is 0 Å². The molecular weight excluding hydrogens is 809 g/mol. The molecule has 4 aromatic rings. The van der Waals surface area contributed by atoms with Gasteiger partial charge in [0.25, 0.3) is 0 Å². The predicted molar refractivity (Wildman–Crippen MR) is 272 cm³/mol. The van der Waals surface area contributed by atoms with Crippen LogP contribution in [0.4, 0.5) is 0 Å². The van der Waals surface area contributed by atoms with Gasteiger partial charge in [-0.25, -0.2) is 11.1 Å². The van der Waals surface area contributed by atoms with E-state index >= 15 is 0 Å². The largest absolute Gasteiger partial charge is 4.00 e. The number of aryl methyl sites for hydroxylation is 4. The summed E-state index contributed by atoms with van der Waals surface area (Å²) in [4.78, 5) is 0. The van der Waals surface area contributed by atoms with Crippen LogP contribution in [-0.2, 0) is 21.7 Å².